The number of aromatic nitrogens is 1. The molecule has 2 heterocycles. The molecule has 30 heavy (non-hydrogen) atoms. The number of nitrogens with zero attached hydrogens (tertiary/aromatic N) is 3. The van der Waals surface area contributed by atoms with Gasteiger partial charge in [0, 0.05) is 50.1 Å². The molecule has 0 atom stereocenters. The Morgan fingerprint density at radius 3 is 2.53 bits per heavy atom. The fourth-order valence-corrected chi connectivity index (χ4v) is 4.82. The average Bonchev–Trinajstić information content (AvgIpc) is 3.22. The van der Waals surface area contributed by atoms with Crippen molar-refractivity contribution in [3.05, 3.63) is 76.3 Å². The van der Waals surface area contributed by atoms with Crippen LogP contribution < -0.4 is 0 Å². The minimum Gasteiger partial charge on any atom is -0.340 e. The van der Waals surface area contributed by atoms with E-state index < -0.39 is 0 Å². The Bertz CT molecular complexity index is 991. The number of hydrogen-bond acceptors (Lipinski definition) is 4. The molecular weight excluding hydrogens is 390 g/mol. The van der Waals surface area contributed by atoms with Gasteiger partial charge in [-0.1, -0.05) is 54.1 Å². The van der Waals surface area contributed by atoms with Gasteiger partial charge in [0.15, 0.2) is 0 Å². The maximum absolute atomic E-state index is 12.7. The van der Waals surface area contributed by atoms with Crippen LogP contribution in [0.15, 0.2) is 53.9 Å². The topological polar surface area (TPSA) is 36.4 Å². The Hall–Kier alpha value is -2.50. The fraction of sp³-hybridized carbons (Fsp3) is 0.360. The molecule has 0 radical (unpaired) electrons. The van der Waals surface area contributed by atoms with Crippen LogP contribution >= 0.6 is 11.3 Å². The number of aryl methyl sites for hydroxylation is 3. The van der Waals surface area contributed by atoms with Crippen LogP contribution in [0.1, 0.15) is 28.8 Å². The van der Waals surface area contributed by atoms with E-state index in [0.29, 0.717) is 6.42 Å². The van der Waals surface area contributed by atoms with Gasteiger partial charge < -0.3 is 4.90 Å². The summed E-state index contributed by atoms with van der Waals surface area (Å²) in [7, 11) is 0. The van der Waals surface area contributed by atoms with E-state index in [2.05, 4.69) is 54.5 Å². The molecule has 1 fully saturated rings. The number of benzene rings is 2. The smallest absolute Gasteiger partial charge is 0.222 e. The number of hydrogen-bond donors (Lipinski definition) is 0. The molecule has 0 bridgehead atoms. The first-order valence-electron chi connectivity index (χ1n) is 10.6. The van der Waals surface area contributed by atoms with Crippen molar-refractivity contribution in [1.29, 1.82) is 0 Å². The molecule has 0 spiro atoms. The maximum Gasteiger partial charge on any atom is 0.222 e. The van der Waals surface area contributed by atoms with Gasteiger partial charge in [-0.3, -0.25) is 9.69 Å². The lowest BCUT2D eigenvalue weighted by Gasteiger charge is -2.34. The molecule has 156 valence electrons. The first kappa shape index (κ1) is 20.8. The molecular formula is C25H29N3OS. The number of piperazine rings is 1. The van der Waals surface area contributed by atoms with Crippen LogP contribution in [0.3, 0.4) is 0 Å². The molecule has 1 aliphatic heterocycles. The summed E-state index contributed by atoms with van der Waals surface area (Å²) < 4.78 is 0. The SMILES string of the molecule is Cc1ccc(CCC(=O)N2CCN(Cc3csc(-c4ccccc4)n3)CC2)c(C)c1. The third kappa shape index (κ3) is 5.15. The van der Waals surface area contributed by atoms with Gasteiger partial charge in [-0.25, -0.2) is 4.98 Å². The standard InChI is InChI=1S/C25H29N3OS/c1-19-8-9-21(20(2)16-19)10-11-24(29)28-14-12-27(13-15-28)17-23-18-30-25(26-23)22-6-4-3-5-7-22/h3-9,16,18H,10-15,17H2,1-2H3. The Balaban J connectivity index is 1.25. The minimum absolute atomic E-state index is 0.273. The molecule has 4 rings (SSSR count). The lowest BCUT2D eigenvalue weighted by atomic mass is 10.0. The highest BCUT2D eigenvalue weighted by atomic mass is 32.1. The van der Waals surface area contributed by atoms with Crippen molar-refractivity contribution in [3.8, 4) is 10.6 Å². The summed E-state index contributed by atoms with van der Waals surface area (Å²) in [6, 6.07) is 16.8. The quantitative estimate of drug-likeness (QED) is 0.581. The average molecular weight is 420 g/mol. The van der Waals surface area contributed by atoms with Gasteiger partial charge in [-0.05, 0) is 31.4 Å². The molecule has 5 heteroatoms. The second kappa shape index (κ2) is 9.54. The fourth-order valence-electron chi connectivity index (χ4n) is 4.00. The van der Waals surface area contributed by atoms with E-state index in [1.54, 1.807) is 11.3 Å². The highest BCUT2D eigenvalue weighted by molar-refractivity contribution is 7.13. The summed E-state index contributed by atoms with van der Waals surface area (Å²) in [5.41, 5.74) is 6.13. The number of amides is 1. The van der Waals surface area contributed by atoms with Crippen LogP contribution in [0.2, 0.25) is 0 Å². The van der Waals surface area contributed by atoms with Crippen molar-refractivity contribution < 1.29 is 4.79 Å². The van der Waals surface area contributed by atoms with E-state index in [9.17, 15) is 4.79 Å². The minimum atomic E-state index is 0.273. The Morgan fingerprint density at radius 2 is 1.80 bits per heavy atom. The van der Waals surface area contributed by atoms with E-state index >= 15 is 0 Å². The summed E-state index contributed by atoms with van der Waals surface area (Å²) in [5, 5.41) is 3.23. The van der Waals surface area contributed by atoms with Crippen molar-refractivity contribution >= 4 is 17.2 Å². The van der Waals surface area contributed by atoms with Crippen molar-refractivity contribution in [2.45, 2.75) is 33.2 Å². The summed E-state index contributed by atoms with van der Waals surface area (Å²) in [5.74, 6) is 0.273. The second-order valence-electron chi connectivity index (χ2n) is 8.10. The monoisotopic (exact) mass is 419 g/mol. The second-order valence-corrected chi connectivity index (χ2v) is 8.95. The van der Waals surface area contributed by atoms with Crippen LogP contribution in [0.5, 0.6) is 0 Å². The van der Waals surface area contributed by atoms with E-state index in [1.165, 1.54) is 22.3 Å². The van der Waals surface area contributed by atoms with Gasteiger partial charge in [-0.2, -0.15) is 0 Å². The van der Waals surface area contributed by atoms with Gasteiger partial charge in [0.2, 0.25) is 5.91 Å². The molecule has 1 amide bonds. The predicted molar refractivity (Wildman–Crippen MR) is 124 cm³/mol. The van der Waals surface area contributed by atoms with Gasteiger partial charge in [-0.15, -0.1) is 11.3 Å². The molecule has 2 aromatic carbocycles. The molecule has 1 saturated heterocycles. The summed E-state index contributed by atoms with van der Waals surface area (Å²) in [6.45, 7) is 8.53. The van der Waals surface area contributed by atoms with Crippen molar-refractivity contribution in [2.24, 2.45) is 0 Å². The van der Waals surface area contributed by atoms with E-state index in [-0.39, 0.29) is 5.91 Å². The summed E-state index contributed by atoms with van der Waals surface area (Å²) in [6.07, 6.45) is 1.42. The van der Waals surface area contributed by atoms with Crippen LogP contribution in [0.25, 0.3) is 10.6 Å². The predicted octanol–water partition coefficient (Wildman–Crippen LogP) is 4.70. The maximum atomic E-state index is 12.7. The third-order valence-electron chi connectivity index (χ3n) is 5.79. The zero-order valence-corrected chi connectivity index (χ0v) is 18.6. The number of carbonyl (C=O) groups excluding carboxylic acids is 1. The molecule has 0 unspecified atom stereocenters. The van der Waals surface area contributed by atoms with Crippen molar-refractivity contribution in [3.63, 3.8) is 0 Å². The van der Waals surface area contributed by atoms with Crippen LogP contribution in [-0.4, -0.2) is 46.9 Å². The zero-order valence-electron chi connectivity index (χ0n) is 17.8. The lowest BCUT2D eigenvalue weighted by molar-refractivity contribution is -0.133. The number of carbonyl (C=O) groups is 1. The summed E-state index contributed by atoms with van der Waals surface area (Å²) >= 11 is 1.70. The van der Waals surface area contributed by atoms with Crippen molar-refractivity contribution in [1.82, 2.24) is 14.8 Å². The van der Waals surface area contributed by atoms with E-state index in [1.807, 2.05) is 23.1 Å². The Kier molecular flexibility index (Phi) is 6.60. The van der Waals surface area contributed by atoms with Gasteiger partial charge in [0.1, 0.15) is 5.01 Å². The molecule has 0 aliphatic carbocycles. The molecule has 0 saturated carbocycles. The molecule has 4 nitrogen and oxygen atoms in total. The van der Waals surface area contributed by atoms with E-state index in [4.69, 9.17) is 4.98 Å². The van der Waals surface area contributed by atoms with Gasteiger partial charge in [0.05, 0.1) is 5.69 Å². The lowest BCUT2D eigenvalue weighted by Crippen LogP contribution is -2.48. The highest BCUT2D eigenvalue weighted by Gasteiger charge is 2.21. The normalized spacial score (nSPS) is 14.8. The Morgan fingerprint density at radius 1 is 1.03 bits per heavy atom. The molecule has 1 aromatic heterocycles. The Labute approximate surface area is 183 Å². The molecule has 1 aliphatic rings. The number of rotatable bonds is 6. The number of thiazole rings is 1. The zero-order chi connectivity index (χ0) is 20.9. The molecule has 3 aromatic rings. The first-order valence-corrected chi connectivity index (χ1v) is 11.5. The van der Waals surface area contributed by atoms with Gasteiger partial charge in [0.25, 0.3) is 0 Å². The van der Waals surface area contributed by atoms with E-state index in [0.717, 1.165) is 49.8 Å². The highest BCUT2D eigenvalue weighted by Crippen LogP contribution is 2.24. The van der Waals surface area contributed by atoms with Crippen LogP contribution in [0.4, 0.5) is 0 Å². The largest absolute Gasteiger partial charge is 0.340 e. The van der Waals surface area contributed by atoms with Crippen LogP contribution in [0, 0.1) is 13.8 Å². The third-order valence-corrected chi connectivity index (χ3v) is 6.73. The van der Waals surface area contributed by atoms with Gasteiger partial charge >= 0.3 is 0 Å². The van der Waals surface area contributed by atoms with Crippen molar-refractivity contribution in [2.75, 3.05) is 26.2 Å². The van der Waals surface area contributed by atoms with Crippen LogP contribution in [-0.2, 0) is 17.8 Å². The first-order chi connectivity index (χ1) is 14.6. The summed E-state index contributed by atoms with van der Waals surface area (Å²) in [4.78, 5) is 21.9. The molecule has 0 N–H and O–H groups in total.